The van der Waals surface area contributed by atoms with Crippen molar-refractivity contribution in [1.29, 1.82) is 0 Å². The lowest BCUT2D eigenvalue weighted by atomic mass is 10.1. The number of aryl methyl sites for hydroxylation is 1. The molecule has 19 heteroatoms. The number of nitro groups is 1. The predicted molar refractivity (Wildman–Crippen MR) is 159 cm³/mol. The van der Waals surface area contributed by atoms with Crippen molar-refractivity contribution in [3.05, 3.63) is 57.6 Å². The second kappa shape index (κ2) is 14.2. The summed E-state index contributed by atoms with van der Waals surface area (Å²) in [6.07, 6.45) is 1.62. The van der Waals surface area contributed by atoms with Crippen LogP contribution in [0.2, 0.25) is 0 Å². The van der Waals surface area contributed by atoms with Crippen LogP contribution in [0.25, 0.3) is 0 Å². The third-order valence-corrected chi connectivity index (χ3v) is 8.90. The molecule has 1 aliphatic heterocycles. The number of carbonyl (C=O) groups excluding carboxylic acids is 1. The monoisotopic (exact) mass is 678 g/mol. The van der Waals surface area contributed by atoms with Crippen LogP contribution in [0.3, 0.4) is 0 Å². The molecule has 1 saturated heterocycles. The summed E-state index contributed by atoms with van der Waals surface area (Å²) in [5.74, 6) is -1.26. The first-order chi connectivity index (χ1) is 20.4. The van der Waals surface area contributed by atoms with E-state index in [1.807, 2.05) is 11.9 Å². The molecule has 2 aromatic rings. The third-order valence-electron chi connectivity index (χ3n) is 6.46. The van der Waals surface area contributed by atoms with E-state index in [2.05, 4.69) is 0 Å². The number of carbonyl (C=O) groups is 1. The molecule has 3 rings (SSSR count). The number of anilines is 1. The minimum absolute atomic E-state index is 0.182. The van der Waals surface area contributed by atoms with E-state index in [4.69, 9.17) is 12.5 Å². The Balaban J connectivity index is 2.17. The third kappa shape index (κ3) is 10.1. The predicted octanol–water partition coefficient (Wildman–Crippen LogP) is 0.817. The van der Waals surface area contributed by atoms with Gasteiger partial charge in [0.15, 0.2) is 5.75 Å². The molecule has 0 unspecified atom stereocenters. The van der Waals surface area contributed by atoms with Gasteiger partial charge in [0.25, 0.3) is 31.8 Å². The zero-order chi connectivity index (χ0) is 32.9. The van der Waals surface area contributed by atoms with Crippen molar-refractivity contribution in [3.8, 4) is 5.75 Å². The van der Waals surface area contributed by atoms with E-state index in [1.54, 1.807) is 6.92 Å². The Morgan fingerprint density at radius 1 is 0.909 bits per heavy atom. The average molecular weight is 679 g/mol. The van der Waals surface area contributed by atoms with E-state index >= 15 is 0 Å². The van der Waals surface area contributed by atoms with Gasteiger partial charge in [0.1, 0.15) is 10.5 Å². The van der Waals surface area contributed by atoms with Crippen LogP contribution in [0.15, 0.2) is 41.3 Å². The van der Waals surface area contributed by atoms with E-state index < -0.39 is 65.8 Å². The molecule has 0 aliphatic carbocycles. The van der Waals surface area contributed by atoms with Gasteiger partial charge in [-0.05, 0) is 32.2 Å². The van der Waals surface area contributed by atoms with Crippen LogP contribution in [0.1, 0.15) is 15.9 Å². The van der Waals surface area contributed by atoms with Crippen LogP contribution in [-0.4, -0.2) is 118 Å². The highest BCUT2D eigenvalue weighted by atomic mass is 32.2. The maximum atomic E-state index is 13.6. The Morgan fingerprint density at radius 2 is 1.43 bits per heavy atom. The van der Waals surface area contributed by atoms with Crippen molar-refractivity contribution in [2.24, 2.45) is 0 Å². The lowest BCUT2D eigenvalue weighted by molar-refractivity contribution is -0.385. The van der Waals surface area contributed by atoms with E-state index in [9.17, 15) is 40.2 Å². The van der Waals surface area contributed by atoms with Crippen LogP contribution >= 0.6 is 0 Å². The molecule has 244 valence electrons. The largest absolute Gasteiger partial charge is 0.376 e. The summed E-state index contributed by atoms with van der Waals surface area (Å²) in [5.41, 5.74) is -0.535. The molecule has 1 fully saturated rings. The molecule has 1 amide bonds. The number of hydrogen-bond acceptors (Lipinski definition) is 14. The van der Waals surface area contributed by atoms with Gasteiger partial charge < -0.3 is 18.9 Å². The van der Waals surface area contributed by atoms with Gasteiger partial charge in [-0.1, -0.05) is 17.7 Å². The van der Waals surface area contributed by atoms with Gasteiger partial charge in [0.05, 0.1) is 42.4 Å². The lowest BCUT2D eigenvalue weighted by Crippen LogP contribution is -2.47. The molecule has 0 spiro atoms. The molecule has 0 atom stereocenters. The Kier molecular flexibility index (Phi) is 11.3. The topological polar surface area (TPSA) is 200 Å². The van der Waals surface area contributed by atoms with Crippen molar-refractivity contribution in [2.45, 2.75) is 11.8 Å². The highest BCUT2D eigenvalue weighted by molar-refractivity contribution is 7.87. The van der Waals surface area contributed by atoms with Crippen LogP contribution in [0, 0.1) is 17.0 Å². The molecule has 0 radical (unpaired) electrons. The maximum absolute atomic E-state index is 13.6. The number of hydrogen-bond donors (Lipinski definition) is 0. The minimum atomic E-state index is -4.58. The first kappa shape index (κ1) is 35.1. The summed E-state index contributed by atoms with van der Waals surface area (Å²) >= 11 is 0. The van der Waals surface area contributed by atoms with Gasteiger partial charge in [0.2, 0.25) is 0 Å². The first-order valence-corrected chi connectivity index (χ1v) is 18.2. The van der Waals surface area contributed by atoms with Gasteiger partial charge in [-0.25, -0.2) is 0 Å². The van der Waals surface area contributed by atoms with Gasteiger partial charge in [-0.3, -0.25) is 23.3 Å². The fourth-order valence-corrected chi connectivity index (χ4v) is 5.89. The maximum Gasteiger partial charge on any atom is 0.339 e. The second-order valence-electron chi connectivity index (χ2n) is 10.1. The van der Waals surface area contributed by atoms with Crippen molar-refractivity contribution < 1.29 is 47.5 Å². The molecular weight excluding hydrogens is 644 g/mol. The number of amides is 1. The summed E-state index contributed by atoms with van der Waals surface area (Å²) in [7, 11) is -10.6. The number of likely N-dealkylation sites (N-methyl/N-ethyl adjacent to an activating group) is 1. The number of rotatable bonds is 14. The van der Waals surface area contributed by atoms with Crippen molar-refractivity contribution in [2.75, 3.05) is 76.9 Å². The molecule has 0 aromatic heterocycles. The highest BCUT2D eigenvalue weighted by Crippen LogP contribution is 2.38. The van der Waals surface area contributed by atoms with Crippen LogP contribution in [-0.2, 0) is 38.7 Å². The molecule has 1 heterocycles. The molecule has 1 aliphatic rings. The van der Waals surface area contributed by atoms with Gasteiger partial charge in [-0.2, -0.15) is 25.3 Å². The fraction of sp³-hybridized carbons (Fsp3) is 0.480. The zero-order valence-electron chi connectivity index (χ0n) is 24.5. The van der Waals surface area contributed by atoms with Crippen molar-refractivity contribution in [3.63, 3.8) is 0 Å². The van der Waals surface area contributed by atoms with Gasteiger partial charge >= 0.3 is 10.1 Å². The normalized spacial score (nSPS) is 14.8. The molecule has 0 N–H and O–H groups in total. The van der Waals surface area contributed by atoms with Gasteiger partial charge in [0, 0.05) is 39.3 Å². The van der Waals surface area contributed by atoms with Crippen LogP contribution in [0.5, 0.6) is 5.75 Å². The van der Waals surface area contributed by atoms with Crippen molar-refractivity contribution >= 4 is 47.6 Å². The molecule has 0 bridgehead atoms. The summed E-state index contributed by atoms with van der Waals surface area (Å²) in [6.45, 7) is 1.74. The SMILES string of the molecule is Cc1ccc(S(=O)(=O)Oc2cc([N+](=O)[O-])c(C(=O)N3CCN(C)CC3)cc2N(CCOS(C)(=O)=O)CCOS(C)(=O)=O)cc1. The number of piperazine rings is 1. The standard InChI is InChI=1S/C25H34N4O12S3/c1-19-5-7-20(8-6-19)44(37,38)41-24-18-22(29(31)32)21(25(30)28-11-9-26(2)10-12-28)17-23(24)27(13-15-39-42(3,33)34)14-16-40-43(4,35)36/h5-8,17-18H,9-16H2,1-4H3. The van der Waals surface area contributed by atoms with Crippen LogP contribution in [0.4, 0.5) is 11.4 Å². The minimum Gasteiger partial charge on any atom is -0.376 e. The van der Waals surface area contributed by atoms with E-state index in [1.165, 1.54) is 34.1 Å². The number of benzene rings is 2. The Bertz CT molecular complexity index is 1650. The second-order valence-corrected chi connectivity index (χ2v) is 14.9. The summed E-state index contributed by atoms with van der Waals surface area (Å²) in [5, 5.41) is 12.2. The average Bonchev–Trinajstić information content (AvgIpc) is 2.91. The van der Waals surface area contributed by atoms with E-state index in [0.717, 1.165) is 30.2 Å². The number of nitrogens with zero attached hydrogens (tertiary/aromatic N) is 4. The van der Waals surface area contributed by atoms with Crippen LogP contribution < -0.4 is 9.08 Å². The molecular formula is C25H34N4O12S3. The first-order valence-electron chi connectivity index (χ1n) is 13.1. The zero-order valence-corrected chi connectivity index (χ0v) is 27.0. The molecule has 16 nitrogen and oxygen atoms in total. The Morgan fingerprint density at radius 3 is 1.91 bits per heavy atom. The van der Waals surface area contributed by atoms with E-state index in [-0.39, 0.29) is 42.3 Å². The Hall–Kier alpha value is -3.36. The summed E-state index contributed by atoms with van der Waals surface area (Å²) in [6, 6.07) is 7.47. The lowest BCUT2D eigenvalue weighted by Gasteiger charge is -2.32. The van der Waals surface area contributed by atoms with Gasteiger partial charge in [-0.15, -0.1) is 0 Å². The van der Waals surface area contributed by atoms with E-state index in [0.29, 0.717) is 13.1 Å². The highest BCUT2D eigenvalue weighted by Gasteiger charge is 2.32. The molecule has 44 heavy (non-hydrogen) atoms. The fourth-order valence-electron chi connectivity index (χ4n) is 4.20. The Labute approximate surface area is 256 Å². The van der Waals surface area contributed by atoms with Crippen molar-refractivity contribution in [1.82, 2.24) is 9.80 Å². The summed E-state index contributed by atoms with van der Waals surface area (Å²) < 4.78 is 88.0. The molecule has 2 aromatic carbocycles. The smallest absolute Gasteiger partial charge is 0.339 e. The molecule has 0 saturated carbocycles. The quantitative estimate of drug-likeness (QED) is 0.154. The number of nitro benzene ring substituents is 1. The summed E-state index contributed by atoms with van der Waals surface area (Å²) in [4.78, 5) is 29.3.